The van der Waals surface area contributed by atoms with Crippen LogP contribution in [0.25, 0.3) is 0 Å². The van der Waals surface area contributed by atoms with Gasteiger partial charge in [-0.3, -0.25) is 4.68 Å². The van der Waals surface area contributed by atoms with E-state index in [2.05, 4.69) is 30.5 Å². The number of rotatable bonds is 6. The monoisotopic (exact) mass is 196 g/mol. The van der Waals surface area contributed by atoms with Crippen LogP contribution in [-0.4, -0.2) is 22.9 Å². The van der Waals surface area contributed by atoms with E-state index in [1.807, 2.05) is 10.9 Å². The van der Waals surface area contributed by atoms with Crippen molar-refractivity contribution in [2.45, 2.75) is 32.9 Å². The second-order valence-electron chi connectivity index (χ2n) is 3.37. The predicted molar refractivity (Wildman–Crippen MR) is 58.0 cm³/mol. The molecule has 0 amide bonds. The van der Waals surface area contributed by atoms with Crippen LogP contribution >= 0.6 is 0 Å². The Labute approximate surface area is 85.5 Å². The van der Waals surface area contributed by atoms with Gasteiger partial charge in [-0.2, -0.15) is 5.10 Å². The van der Waals surface area contributed by atoms with Crippen molar-refractivity contribution < 1.29 is 0 Å². The van der Waals surface area contributed by atoms with E-state index < -0.39 is 0 Å². The molecule has 0 spiro atoms. The van der Waals surface area contributed by atoms with Gasteiger partial charge in [0.15, 0.2) is 0 Å². The fourth-order valence-corrected chi connectivity index (χ4v) is 1.39. The first-order chi connectivity index (χ1) is 6.81. The molecule has 1 heterocycles. The fraction of sp³-hybridized carbons (Fsp3) is 0.700. The Morgan fingerprint density at radius 3 is 2.86 bits per heavy atom. The maximum absolute atomic E-state index is 5.70. The van der Waals surface area contributed by atoms with Gasteiger partial charge in [-0.25, -0.2) is 0 Å². The van der Waals surface area contributed by atoms with Gasteiger partial charge in [0.05, 0.1) is 6.20 Å². The van der Waals surface area contributed by atoms with E-state index >= 15 is 0 Å². The van der Waals surface area contributed by atoms with E-state index in [0.717, 1.165) is 19.5 Å². The smallest absolute Gasteiger partial charge is 0.0538 e. The van der Waals surface area contributed by atoms with Crippen molar-refractivity contribution in [3.8, 4) is 0 Å². The number of nitrogens with one attached hydrogen (secondary N) is 1. The first kappa shape index (κ1) is 11.2. The molecule has 1 rings (SSSR count). The van der Waals surface area contributed by atoms with E-state index in [9.17, 15) is 0 Å². The summed E-state index contributed by atoms with van der Waals surface area (Å²) in [6, 6.07) is 0.246. The topological polar surface area (TPSA) is 55.9 Å². The number of nitrogens with zero attached hydrogens (tertiary/aromatic N) is 2. The average Bonchev–Trinajstić information content (AvgIpc) is 2.68. The highest BCUT2D eigenvalue weighted by atomic mass is 15.3. The van der Waals surface area contributed by atoms with Crippen molar-refractivity contribution in [1.29, 1.82) is 0 Å². The van der Waals surface area contributed by atoms with Crippen molar-refractivity contribution in [3.05, 3.63) is 18.0 Å². The number of aromatic nitrogens is 2. The lowest BCUT2D eigenvalue weighted by Crippen LogP contribution is -2.28. The molecule has 14 heavy (non-hydrogen) atoms. The Morgan fingerprint density at radius 2 is 2.36 bits per heavy atom. The molecule has 0 bridgehead atoms. The molecular weight excluding hydrogens is 176 g/mol. The summed E-state index contributed by atoms with van der Waals surface area (Å²) >= 11 is 0. The summed E-state index contributed by atoms with van der Waals surface area (Å²) < 4.78 is 1.92. The van der Waals surface area contributed by atoms with Crippen LogP contribution in [0.3, 0.4) is 0 Å². The molecule has 1 atom stereocenters. The van der Waals surface area contributed by atoms with Crippen LogP contribution < -0.4 is 11.1 Å². The third-order valence-corrected chi connectivity index (χ3v) is 2.26. The predicted octanol–water partition coefficient (Wildman–Crippen LogP) is 0.902. The zero-order chi connectivity index (χ0) is 10.4. The third kappa shape index (κ3) is 2.82. The third-order valence-electron chi connectivity index (χ3n) is 2.26. The number of hydrogen-bond acceptors (Lipinski definition) is 3. The zero-order valence-corrected chi connectivity index (χ0v) is 9.03. The lowest BCUT2D eigenvalue weighted by atomic mass is 10.1. The van der Waals surface area contributed by atoms with Crippen LogP contribution in [0, 0.1) is 0 Å². The van der Waals surface area contributed by atoms with Crippen LogP contribution in [0.15, 0.2) is 12.4 Å². The maximum Gasteiger partial charge on any atom is 0.0538 e. The molecule has 0 saturated carbocycles. The second kappa shape index (κ2) is 5.78. The van der Waals surface area contributed by atoms with Crippen LogP contribution in [0.1, 0.15) is 31.9 Å². The first-order valence-corrected chi connectivity index (χ1v) is 5.27. The molecule has 0 aromatic carbocycles. The Hall–Kier alpha value is -0.870. The molecule has 1 aromatic rings. The van der Waals surface area contributed by atoms with E-state index in [4.69, 9.17) is 5.73 Å². The lowest BCUT2D eigenvalue weighted by Gasteiger charge is -2.13. The Morgan fingerprint density at radius 1 is 1.57 bits per heavy atom. The molecule has 4 nitrogen and oxygen atoms in total. The molecule has 0 fully saturated rings. The number of aryl methyl sites for hydroxylation is 1. The summed E-state index contributed by atoms with van der Waals surface area (Å²) in [5.74, 6) is 0. The van der Waals surface area contributed by atoms with E-state index in [1.54, 1.807) is 0 Å². The van der Waals surface area contributed by atoms with Crippen molar-refractivity contribution in [1.82, 2.24) is 15.1 Å². The van der Waals surface area contributed by atoms with Crippen LogP contribution in [0.5, 0.6) is 0 Å². The molecular formula is C10H20N4. The van der Waals surface area contributed by atoms with E-state index in [-0.39, 0.29) is 6.04 Å². The summed E-state index contributed by atoms with van der Waals surface area (Å²) in [7, 11) is 0. The minimum Gasteiger partial charge on any atom is -0.329 e. The maximum atomic E-state index is 5.70. The van der Waals surface area contributed by atoms with Gasteiger partial charge in [0, 0.05) is 30.9 Å². The Bertz CT molecular complexity index is 256. The minimum absolute atomic E-state index is 0.246. The van der Waals surface area contributed by atoms with E-state index in [0.29, 0.717) is 6.54 Å². The lowest BCUT2D eigenvalue weighted by molar-refractivity contribution is 0.539. The summed E-state index contributed by atoms with van der Waals surface area (Å²) in [6.07, 6.45) is 5.07. The molecule has 1 unspecified atom stereocenters. The molecule has 0 aliphatic rings. The minimum atomic E-state index is 0.246. The van der Waals surface area contributed by atoms with Gasteiger partial charge in [-0.05, 0) is 19.9 Å². The van der Waals surface area contributed by atoms with Crippen molar-refractivity contribution >= 4 is 0 Å². The number of nitrogens with two attached hydrogens (primary N) is 1. The highest BCUT2D eigenvalue weighted by molar-refractivity contribution is 5.10. The zero-order valence-electron chi connectivity index (χ0n) is 9.03. The average molecular weight is 196 g/mol. The van der Waals surface area contributed by atoms with Crippen molar-refractivity contribution in [2.75, 3.05) is 13.1 Å². The highest BCUT2D eigenvalue weighted by Crippen LogP contribution is 2.10. The van der Waals surface area contributed by atoms with E-state index in [1.165, 1.54) is 5.56 Å². The first-order valence-electron chi connectivity index (χ1n) is 5.27. The SMILES string of the molecule is CCCNC(CN)c1cnn(CC)c1. The van der Waals surface area contributed by atoms with Gasteiger partial charge < -0.3 is 11.1 Å². The van der Waals surface area contributed by atoms with Gasteiger partial charge >= 0.3 is 0 Å². The molecule has 0 aliphatic heterocycles. The molecule has 4 heteroatoms. The number of hydrogen-bond donors (Lipinski definition) is 2. The largest absolute Gasteiger partial charge is 0.329 e. The van der Waals surface area contributed by atoms with Gasteiger partial charge in [0.1, 0.15) is 0 Å². The van der Waals surface area contributed by atoms with Crippen LogP contribution in [0.4, 0.5) is 0 Å². The van der Waals surface area contributed by atoms with Crippen molar-refractivity contribution in [3.63, 3.8) is 0 Å². The second-order valence-corrected chi connectivity index (χ2v) is 3.37. The van der Waals surface area contributed by atoms with Crippen LogP contribution in [-0.2, 0) is 6.54 Å². The summed E-state index contributed by atoms with van der Waals surface area (Å²) in [4.78, 5) is 0. The summed E-state index contributed by atoms with van der Waals surface area (Å²) in [5, 5.41) is 7.63. The molecule has 80 valence electrons. The standard InChI is InChI=1S/C10H20N4/c1-3-5-12-10(6-11)9-7-13-14(4-2)8-9/h7-8,10,12H,3-6,11H2,1-2H3. The molecule has 3 N–H and O–H groups in total. The quantitative estimate of drug-likeness (QED) is 0.711. The molecule has 0 saturated heterocycles. The van der Waals surface area contributed by atoms with Gasteiger partial charge in [0.2, 0.25) is 0 Å². The summed E-state index contributed by atoms with van der Waals surface area (Å²) in [6.45, 7) is 6.75. The fourth-order valence-electron chi connectivity index (χ4n) is 1.39. The highest BCUT2D eigenvalue weighted by Gasteiger charge is 2.09. The van der Waals surface area contributed by atoms with Crippen LogP contribution in [0.2, 0.25) is 0 Å². The summed E-state index contributed by atoms with van der Waals surface area (Å²) in [5.41, 5.74) is 6.88. The van der Waals surface area contributed by atoms with Crippen molar-refractivity contribution in [2.24, 2.45) is 5.73 Å². The molecule has 0 aliphatic carbocycles. The van der Waals surface area contributed by atoms with Gasteiger partial charge in [0.25, 0.3) is 0 Å². The molecule has 0 radical (unpaired) electrons. The van der Waals surface area contributed by atoms with Gasteiger partial charge in [-0.1, -0.05) is 6.92 Å². The normalized spacial score (nSPS) is 13.1. The Kier molecular flexibility index (Phi) is 4.62. The Balaban J connectivity index is 2.58. The molecule has 1 aromatic heterocycles. The van der Waals surface area contributed by atoms with Gasteiger partial charge in [-0.15, -0.1) is 0 Å².